The summed E-state index contributed by atoms with van der Waals surface area (Å²) in [6.07, 6.45) is 6.37. The molecule has 2 heteroatoms. The highest BCUT2D eigenvalue weighted by Gasteiger charge is 2.50. The fraction of sp³-hybridized carbons (Fsp3) is 0.833. The van der Waals surface area contributed by atoms with E-state index in [1.807, 2.05) is 0 Å². The highest BCUT2D eigenvalue weighted by molar-refractivity contribution is 5.04. The first-order chi connectivity index (χ1) is 6.90. The van der Waals surface area contributed by atoms with Gasteiger partial charge in [0, 0.05) is 5.92 Å². The van der Waals surface area contributed by atoms with Crippen LogP contribution in [0.5, 0.6) is 0 Å². The minimum Gasteiger partial charge on any atom is -0.350 e. The third-order valence-electron chi connectivity index (χ3n) is 4.28. The van der Waals surface area contributed by atoms with E-state index in [1.54, 1.807) is 0 Å². The van der Waals surface area contributed by atoms with E-state index in [-0.39, 0.29) is 6.29 Å². The Morgan fingerprint density at radius 1 is 1.07 bits per heavy atom. The van der Waals surface area contributed by atoms with E-state index < -0.39 is 0 Å². The van der Waals surface area contributed by atoms with Crippen molar-refractivity contribution < 1.29 is 9.47 Å². The number of allylic oxidation sites excluding steroid dienone is 1. The lowest BCUT2D eigenvalue weighted by atomic mass is 9.79. The SMILES string of the molecule is C=C[C@H]1[C@H]2CC[C@H](C2)[C@@H]1C1OCCO1. The number of ether oxygens (including phenoxy) is 2. The predicted octanol–water partition coefficient (Wildman–Crippen LogP) is 2.21. The summed E-state index contributed by atoms with van der Waals surface area (Å²) in [4.78, 5) is 0. The van der Waals surface area contributed by atoms with Crippen molar-refractivity contribution in [3.8, 4) is 0 Å². The molecule has 14 heavy (non-hydrogen) atoms. The Hall–Kier alpha value is -0.340. The summed E-state index contributed by atoms with van der Waals surface area (Å²) in [7, 11) is 0. The van der Waals surface area contributed by atoms with Crippen LogP contribution < -0.4 is 0 Å². The molecule has 0 aromatic heterocycles. The molecule has 2 aliphatic carbocycles. The molecule has 0 aromatic rings. The van der Waals surface area contributed by atoms with Crippen LogP contribution in [0.1, 0.15) is 19.3 Å². The lowest BCUT2D eigenvalue weighted by Gasteiger charge is -2.31. The Morgan fingerprint density at radius 3 is 2.50 bits per heavy atom. The standard InChI is InChI=1S/C12H18O2/c1-2-10-8-3-4-9(7-8)11(10)12-13-5-6-14-12/h2,8-12H,1,3-7H2/t8-,9+,10-,11-/m0/s1. The third kappa shape index (κ3) is 1.17. The summed E-state index contributed by atoms with van der Waals surface area (Å²) < 4.78 is 11.3. The zero-order valence-corrected chi connectivity index (χ0v) is 8.52. The van der Waals surface area contributed by atoms with Crippen LogP contribution in [0.4, 0.5) is 0 Å². The van der Waals surface area contributed by atoms with E-state index >= 15 is 0 Å². The van der Waals surface area contributed by atoms with Crippen LogP contribution in [0.2, 0.25) is 0 Å². The number of fused-ring (bicyclic) bond motifs is 2. The molecule has 0 aromatic carbocycles. The van der Waals surface area contributed by atoms with Crippen LogP contribution in [0.3, 0.4) is 0 Å². The molecular formula is C12H18O2. The maximum Gasteiger partial charge on any atom is 0.161 e. The first kappa shape index (κ1) is 8.93. The monoisotopic (exact) mass is 194 g/mol. The molecule has 2 saturated carbocycles. The van der Waals surface area contributed by atoms with Crippen molar-refractivity contribution >= 4 is 0 Å². The molecule has 1 heterocycles. The maximum atomic E-state index is 5.65. The van der Waals surface area contributed by atoms with Crippen LogP contribution in [0.15, 0.2) is 12.7 Å². The van der Waals surface area contributed by atoms with E-state index in [4.69, 9.17) is 9.47 Å². The molecule has 0 unspecified atom stereocenters. The minimum atomic E-state index is 0.0771. The number of rotatable bonds is 2. The van der Waals surface area contributed by atoms with E-state index in [9.17, 15) is 0 Å². The predicted molar refractivity (Wildman–Crippen MR) is 53.7 cm³/mol. The van der Waals surface area contributed by atoms with Gasteiger partial charge >= 0.3 is 0 Å². The van der Waals surface area contributed by atoms with Gasteiger partial charge in [0.1, 0.15) is 0 Å². The van der Waals surface area contributed by atoms with E-state index in [1.165, 1.54) is 19.3 Å². The van der Waals surface area contributed by atoms with Crippen LogP contribution in [0.25, 0.3) is 0 Å². The van der Waals surface area contributed by atoms with Gasteiger partial charge in [0.15, 0.2) is 6.29 Å². The zero-order chi connectivity index (χ0) is 9.54. The minimum absolute atomic E-state index is 0.0771. The number of hydrogen-bond donors (Lipinski definition) is 0. The van der Waals surface area contributed by atoms with Crippen molar-refractivity contribution in [3.63, 3.8) is 0 Å². The number of hydrogen-bond acceptors (Lipinski definition) is 2. The Bertz CT molecular complexity index is 232. The van der Waals surface area contributed by atoms with Gasteiger partial charge in [-0.25, -0.2) is 0 Å². The van der Waals surface area contributed by atoms with Crippen molar-refractivity contribution in [1.82, 2.24) is 0 Å². The average Bonchev–Trinajstić information content (AvgIpc) is 2.92. The smallest absolute Gasteiger partial charge is 0.161 e. The van der Waals surface area contributed by atoms with Gasteiger partial charge < -0.3 is 9.47 Å². The van der Waals surface area contributed by atoms with Gasteiger partial charge in [-0.15, -0.1) is 6.58 Å². The summed E-state index contributed by atoms with van der Waals surface area (Å²) in [6.45, 7) is 5.53. The van der Waals surface area contributed by atoms with Gasteiger partial charge in [-0.3, -0.25) is 0 Å². The summed E-state index contributed by atoms with van der Waals surface area (Å²) >= 11 is 0. The molecule has 3 aliphatic rings. The molecule has 4 atom stereocenters. The van der Waals surface area contributed by atoms with Gasteiger partial charge in [0.25, 0.3) is 0 Å². The van der Waals surface area contributed by atoms with Gasteiger partial charge in [0.05, 0.1) is 13.2 Å². The molecule has 78 valence electrons. The lowest BCUT2D eigenvalue weighted by Crippen LogP contribution is -2.32. The largest absolute Gasteiger partial charge is 0.350 e. The highest BCUT2D eigenvalue weighted by Crippen LogP contribution is 2.54. The quantitative estimate of drug-likeness (QED) is 0.627. The lowest BCUT2D eigenvalue weighted by molar-refractivity contribution is -0.107. The normalized spacial score (nSPS) is 47.4. The van der Waals surface area contributed by atoms with Crippen LogP contribution in [-0.2, 0) is 9.47 Å². The van der Waals surface area contributed by atoms with Gasteiger partial charge in [-0.2, -0.15) is 0 Å². The molecule has 3 fully saturated rings. The van der Waals surface area contributed by atoms with Crippen LogP contribution >= 0.6 is 0 Å². The third-order valence-corrected chi connectivity index (χ3v) is 4.28. The van der Waals surface area contributed by atoms with Crippen molar-refractivity contribution in [2.24, 2.45) is 23.7 Å². The van der Waals surface area contributed by atoms with E-state index in [0.717, 1.165) is 25.0 Å². The zero-order valence-electron chi connectivity index (χ0n) is 8.52. The molecule has 2 nitrogen and oxygen atoms in total. The molecular weight excluding hydrogens is 176 g/mol. The Kier molecular flexibility index (Phi) is 2.14. The second kappa shape index (κ2) is 3.35. The first-order valence-electron chi connectivity index (χ1n) is 5.76. The fourth-order valence-electron chi connectivity index (χ4n) is 3.73. The second-order valence-electron chi connectivity index (χ2n) is 4.83. The average molecular weight is 194 g/mol. The van der Waals surface area contributed by atoms with Crippen molar-refractivity contribution in [2.45, 2.75) is 25.6 Å². The molecule has 3 rings (SSSR count). The molecule has 1 saturated heterocycles. The summed E-state index contributed by atoms with van der Waals surface area (Å²) in [6, 6.07) is 0. The van der Waals surface area contributed by atoms with Crippen molar-refractivity contribution in [3.05, 3.63) is 12.7 Å². The van der Waals surface area contributed by atoms with Crippen molar-refractivity contribution in [2.75, 3.05) is 13.2 Å². The molecule has 1 aliphatic heterocycles. The van der Waals surface area contributed by atoms with Crippen LogP contribution in [-0.4, -0.2) is 19.5 Å². The maximum absolute atomic E-state index is 5.65. The van der Waals surface area contributed by atoms with Gasteiger partial charge in [0.2, 0.25) is 0 Å². The van der Waals surface area contributed by atoms with Crippen LogP contribution in [0, 0.1) is 23.7 Å². The Morgan fingerprint density at radius 2 is 1.79 bits per heavy atom. The van der Waals surface area contributed by atoms with E-state index in [2.05, 4.69) is 12.7 Å². The molecule has 0 N–H and O–H groups in total. The Labute approximate surface area is 85.3 Å². The molecule has 2 bridgehead atoms. The molecule has 0 spiro atoms. The van der Waals surface area contributed by atoms with Crippen molar-refractivity contribution in [1.29, 1.82) is 0 Å². The van der Waals surface area contributed by atoms with E-state index in [0.29, 0.717) is 11.8 Å². The summed E-state index contributed by atoms with van der Waals surface area (Å²) in [5, 5.41) is 0. The highest BCUT2D eigenvalue weighted by atomic mass is 16.7. The topological polar surface area (TPSA) is 18.5 Å². The Balaban J connectivity index is 1.79. The first-order valence-corrected chi connectivity index (χ1v) is 5.76. The second-order valence-corrected chi connectivity index (χ2v) is 4.83. The van der Waals surface area contributed by atoms with Gasteiger partial charge in [-0.05, 0) is 37.0 Å². The molecule has 0 radical (unpaired) electrons. The fourth-order valence-corrected chi connectivity index (χ4v) is 3.73. The summed E-state index contributed by atoms with van der Waals surface area (Å²) in [5.41, 5.74) is 0. The molecule has 0 amide bonds. The van der Waals surface area contributed by atoms with Gasteiger partial charge in [-0.1, -0.05) is 6.08 Å². The summed E-state index contributed by atoms with van der Waals surface area (Å²) in [5.74, 6) is 2.96.